The van der Waals surface area contributed by atoms with Gasteiger partial charge in [-0.2, -0.15) is 5.10 Å². The first kappa shape index (κ1) is 16.5. The molecule has 2 rings (SSSR count). The molecule has 0 aliphatic heterocycles. The lowest BCUT2D eigenvalue weighted by molar-refractivity contribution is -0.119. The second-order valence-electron chi connectivity index (χ2n) is 5.36. The molecule has 0 spiro atoms. The second kappa shape index (κ2) is 7.44. The van der Waals surface area contributed by atoms with Crippen LogP contribution in [0, 0.1) is 5.92 Å². The lowest BCUT2D eigenvalue weighted by atomic mass is 10.0. The molecule has 2 aromatic rings. The summed E-state index contributed by atoms with van der Waals surface area (Å²) in [5.41, 5.74) is 1.44. The summed E-state index contributed by atoms with van der Waals surface area (Å²) in [5, 5.41) is 9.49. The predicted octanol–water partition coefficient (Wildman–Crippen LogP) is 2.19. The molecule has 2 N–H and O–H groups in total. The normalized spacial score (nSPS) is 11.8. The third-order valence-corrected chi connectivity index (χ3v) is 3.28. The number of amides is 2. The molecule has 0 aliphatic carbocycles. The lowest BCUT2D eigenvalue weighted by Gasteiger charge is -2.20. The molecular weight excluding hydrogens is 296 g/mol. The van der Waals surface area contributed by atoms with E-state index in [4.69, 9.17) is 0 Å². The summed E-state index contributed by atoms with van der Waals surface area (Å²) in [6, 6.07) is 8.86. The molecule has 0 saturated heterocycles. The number of benzene rings is 1. The van der Waals surface area contributed by atoms with E-state index >= 15 is 0 Å². The number of nitrogens with one attached hydrogen (secondary N) is 2. The van der Waals surface area contributed by atoms with Crippen molar-refractivity contribution in [3.8, 4) is 5.69 Å². The van der Waals surface area contributed by atoms with Gasteiger partial charge in [-0.25, -0.2) is 9.48 Å². The molecule has 1 heterocycles. The molecule has 1 atom stereocenters. The summed E-state index contributed by atoms with van der Waals surface area (Å²) in [6.45, 7) is 3.68. The number of rotatable bonds is 5. The first-order chi connectivity index (χ1) is 11.0. The Kier molecular flexibility index (Phi) is 5.35. The van der Waals surface area contributed by atoms with Crippen molar-refractivity contribution < 1.29 is 14.3 Å². The van der Waals surface area contributed by atoms with E-state index in [1.54, 1.807) is 17.1 Å². The molecule has 2 amide bonds. The second-order valence-corrected chi connectivity index (χ2v) is 5.36. The quantitative estimate of drug-likeness (QED) is 0.885. The predicted molar refractivity (Wildman–Crippen MR) is 86.4 cm³/mol. The molecule has 0 radical (unpaired) electrons. The minimum Gasteiger partial charge on any atom is -0.453 e. The van der Waals surface area contributed by atoms with Gasteiger partial charge in [0.15, 0.2) is 0 Å². The summed E-state index contributed by atoms with van der Waals surface area (Å²) in [7, 11) is 1.26. The van der Waals surface area contributed by atoms with Crippen LogP contribution in [0.1, 0.15) is 13.8 Å². The third-order valence-electron chi connectivity index (χ3n) is 3.28. The number of alkyl carbamates (subject to hydrolysis) is 1. The number of hydrogen-bond acceptors (Lipinski definition) is 4. The van der Waals surface area contributed by atoms with E-state index in [-0.39, 0.29) is 11.8 Å². The van der Waals surface area contributed by atoms with Crippen LogP contribution in [-0.2, 0) is 9.53 Å². The van der Waals surface area contributed by atoms with Crippen LogP contribution < -0.4 is 10.6 Å². The van der Waals surface area contributed by atoms with Crippen molar-refractivity contribution in [2.24, 2.45) is 5.92 Å². The van der Waals surface area contributed by atoms with Crippen molar-refractivity contribution in [1.29, 1.82) is 0 Å². The van der Waals surface area contributed by atoms with Crippen LogP contribution in [0.4, 0.5) is 10.5 Å². The standard InChI is InChI=1S/C16H20N4O3/c1-11(2)14(19-16(22)23-3)15(21)18-12-9-17-20(10-12)13-7-5-4-6-8-13/h4-11,14H,1-3H3,(H,18,21)(H,19,22). The Hall–Kier alpha value is -2.83. The molecule has 1 aromatic heterocycles. The molecule has 7 nitrogen and oxygen atoms in total. The highest BCUT2D eigenvalue weighted by molar-refractivity contribution is 5.96. The number of hydrogen-bond donors (Lipinski definition) is 2. The monoisotopic (exact) mass is 316 g/mol. The Labute approximate surface area is 134 Å². The van der Waals surface area contributed by atoms with Crippen molar-refractivity contribution in [3.63, 3.8) is 0 Å². The molecule has 1 unspecified atom stereocenters. The smallest absolute Gasteiger partial charge is 0.407 e. The largest absolute Gasteiger partial charge is 0.453 e. The van der Waals surface area contributed by atoms with Gasteiger partial charge in [0.25, 0.3) is 0 Å². The van der Waals surface area contributed by atoms with Gasteiger partial charge in [-0.15, -0.1) is 0 Å². The molecule has 122 valence electrons. The van der Waals surface area contributed by atoms with E-state index < -0.39 is 12.1 Å². The maximum absolute atomic E-state index is 12.3. The van der Waals surface area contributed by atoms with Crippen LogP contribution in [0.3, 0.4) is 0 Å². The van der Waals surface area contributed by atoms with Crippen LogP contribution in [0.5, 0.6) is 0 Å². The van der Waals surface area contributed by atoms with E-state index in [0.29, 0.717) is 5.69 Å². The molecule has 23 heavy (non-hydrogen) atoms. The fraction of sp³-hybridized carbons (Fsp3) is 0.312. The van der Waals surface area contributed by atoms with Crippen LogP contribution in [0.15, 0.2) is 42.7 Å². The number of aromatic nitrogens is 2. The number of ether oxygens (including phenoxy) is 1. The summed E-state index contributed by atoms with van der Waals surface area (Å²) in [5.74, 6) is -0.406. The number of nitrogens with zero attached hydrogens (tertiary/aromatic N) is 2. The van der Waals surface area contributed by atoms with Gasteiger partial charge in [0, 0.05) is 0 Å². The SMILES string of the molecule is COC(=O)NC(C(=O)Nc1cnn(-c2ccccc2)c1)C(C)C. The van der Waals surface area contributed by atoms with Gasteiger partial charge in [0.05, 0.1) is 30.9 Å². The summed E-state index contributed by atoms with van der Waals surface area (Å²) in [4.78, 5) is 23.7. The Bertz CT molecular complexity index is 667. The van der Waals surface area contributed by atoms with Crippen molar-refractivity contribution in [2.75, 3.05) is 12.4 Å². The van der Waals surface area contributed by atoms with Gasteiger partial charge in [0.2, 0.25) is 5.91 Å². The van der Waals surface area contributed by atoms with Crippen molar-refractivity contribution >= 4 is 17.7 Å². The maximum Gasteiger partial charge on any atom is 0.407 e. The highest BCUT2D eigenvalue weighted by Crippen LogP contribution is 2.13. The number of methoxy groups -OCH3 is 1. The van der Waals surface area contributed by atoms with E-state index in [1.807, 2.05) is 44.2 Å². The van der Waals surface area contributed by atoms with Gasteiger partial charge < -0.3 is 15.4 Å². The Morgan fingerprint density at radius 2 is 1.91 bits per heavy atom. The van der Waals surface area contributed by atoms with E-state index in [0.717, 1.165) is 5.69 Å². The topological polar surface area (TPSA) is 85.2 Å². The van der Waals surface area contributed by atoms with Gasteiger partial charge in [-0.1, -0.05) is 32.0 Å². The molecule has 0 saturated carbocycles. The molecule has 0 bridgehead atoms. The zero-order chi connectivity index (χ0) is 16.8. The first-order valence-electron chi connectivity index (χ1n) is 7.26. The van der Waals surface area contributed by atoms with E-state index in [2.05, 4.69) is 20.5 Å². The number of carbonyl (C=O) groups excluding carboxylic acids is 2. The lowest BCUT2D eigenvalue weighted by Crippen LogP contribution is -2.47. The number of carbonyl (C=O) groups is 2. The molecule has 0 aliphatic rings. The zero-order valence-electron chi connectivity index (χ0n) is 13.3. The maximum atomic E-state index is 12.3. The molecule has 1 aromatic carbocycles. The van der Waals surface area contributed by atoms with Crippen molar-refractivity contribution in [1.82, 2.24) is 15.1 Å². The van der Waals surface area contributed by atoms with Crippen LogP contribution in [-0.4, -0.2) is 34.9 Å². The van der Waals surface area contributed by atoms with Gasteiger partial charge >= 0.3 is 6.09 Å². The number of para-hydroxylation sites is 1. The molecular formula is C16H20N4O3. The Morgan fingerprint density at radius 3 is 2.52 bits per heavy atom. The van der Waals surface area contributed by atoms with Crippen molar-refractivity contribution in [3.05, 3.63) is 42.7 Å². The fourth-order valence-electron chi connectivity index (χ4n) is 2.05. The van der Waals surface area contributed by atoms with Crippen molar-refractivity contribution in [2.45, 2.75) is 19.9 Å². The molecule has 7 heteroatoms. The average molecular weight is 316 g/mol. The van der Waals surface area contributed by atoms with Gasteiger partial charge in [-0.3, -0.25) is 4.79 Å². The summed E-state index contributed by atoms with van der Waals surface area (Å²) in [6.07, 6.45) is 2.63. The summed E-state index contributed by atoms with van der Waals surface area (Å²) < 4.78 is 6.21. The average Bonchev–Trinajstić information content (AvgIpc) is 3.01. The Balaban J connectivity index is 2.07. The number of anilines is 1. The minimum atomic E-state index is -0.692. The fourth-order valence-corrected chi connectivity index (χ4v) is 2.05. The van der Waals surface area contributed by atoms with Gasteiger partial charge in [-0.05, 0) is 18.1 Å². The van der Waals surface area contributed by atoms with Crippen LogP contribution in [0.25, 0.3) is 5.69 Å². The molecule has 0 fully saturated rings. The third kappa shape index (κ3) is 4.32. The summed E-state index contributed by atoms with van der Waals surface area (Å²) >= 11 is 0. The first-order valence-corrected chi connectivity index (χ1v) is 7.26. The van der Waals surface area contributed by atoms with Crippen LogP contribution in [0.2, 0.25) is 0 Å². The highest BCUT2D eigenvalue weighted by atomic mass is 16.5. The van der Waals surface area contributed by atoms with Gasteiger partial charge in [0.1, 0.15) is 6.04 Å². The zero-order valence-corrected chi connectivity index (χ0v) is 13.3. The Morgan fingerprint density at radius 1 is 1.22 bits per heavy atom. The van der Waals surface area contributed by atoms with Crippen LogP contribution >= 0.6 is 0 Å². The minimum absolute atomic E-state index is 0.0849. The van der Waals surface area contributed by atoms with E-state index in [1.165, 1.54) is 7.11 Å². The highest BCUT2D eigenvalue weighted by Gasteiger charge is 2.24. The van der Waals surface area contributed by atoms with E-state index in [9.17, 15) is 9.59 Å².